The fourth-order valence-electron chi connectivity index (χ4n) is 4.27. The van der Waals surface area contributed by atoms with Gasteiger partial charge in [-0.2, -0.15) is 5.10 Å². The van der Waals surface area contributed by atoms with Gasteiger partial charge in [0.2, 0.25) is 0 Å². The molecule has 2 N–H and O–H groups in total. The molecule has 2 bridgehead atoms. The van der Waals surface area contributed by atoms with Crippen molar-refractivity contribution in [1.82, 2.24) is 25.1 Å². The third-order valence-corrected chi connectivity index (χ3v) is 5.88. The van der Waals surface area contributed by atoms with Crippen LogP contribution in [0.1, 0.15) is 30.1 Å². The number of rotatable bonds is 2. The molecule has 0 spiro atoms. The number of halogens is 2. The minimum Gasteiger partial charge on any atom is -0.313 e. The monoisotopic (exact) mass is 426 g/mol. The van der Waals surface area contributed by atoms with Gasteiger partial charge in [0.25, 0.3) is 5.56 Å². The fraction of sp³-hybridized carbons (Fsp3) is 0.250. The Kier molecular flexibility index (Phi) is 4.47. The first-order chi connectivity index (χ1) is 14.5. The Balaban J connectivity index is 1.42. The molecule has 1 saturated heterocycles. The maximum absolute atomic E-state index is 14.7. The number of hydrogen-bond donors (Lipinski definition) is 2. The molecule has 2 atom stereocenters. The van der Waals surface area contributed by atoms with Crippen molar-refractivity contribution in [2.45, 2.75) is 31.3 Å². The van der Waals surface area contributed by atoms with Crippen molar-refractivity contribution in [3.05, 3.63) is 69.2 Å². The van der Waals surface area contributed by atoms with Gasteiger partial charge >= 0.3 is 6.03 Å². The molecule has 2 aromatic heterocycles. The Morgan fingerprint density at radius 2 is 2.13 bits per heavy atom. The number of aromatic amines is 1. The number of urea groups is 1. The second-order valence-corrected chi connectivity index (χ2v) is 7.74. The standard InChI is InChI=1S/C20H16ClFN6O2/c21-13-8-15(14(22)7-12(13)16-9-23-3-4-24-16)25-20(30)28-11-1-2-17(28)19-10(5-11)6-18(29)26-27-19/h3-4,6-9,11,17H,1-2,5H2,(H,25,30)(H,26,29)/t11-,17+/m0/s1. The van der Waals surface area contributed by atoms with Gasteiger partial charge in [0.15, 0.2) is 0 Å². The number of nitrogens with zero attached hydrogens (tertiary/aromatic N) is 4. The molecule has 2 aliphatic heterocycles. The summed E-state index contributed by atoms with van der Waals surface area (Å²) in [6.07, 6.45) is 6.56. The molecular formula is C20H16ClFN6O2. The highest BCUT2D eigenvalue weighted by Gasteiger charge is 2.44. The largest absolute Gasteiger partial charge is 0.322 e. The van der Waals surface area contributed by atoms with Gasteiger partial charge in [-0.25, -0.2) is 14.3 Å². The lowest BCUT2D eigenvalue weighted by Gasteiger charge is -2.35. The Morgan fingerprint density at radius 1 is 1.27 bits per heavy atom. The van der Waals surface area contributed by atoms with Gasteiger partial charge in [0.1, 0.15) is 5.82 Å². The van der Waals surface area contributed by atoms with E-state index in [-0.39, 0.29) is 28.4 Å². The lowest BCUT2D eigenvalue weighted by atomic mass is 9.99. The topological polar surface area (TPSA) is 104 Å². The van der Waals surface area contributed by atoms with Crippen LogP contribution in [0.2, 0.25) is 5.02 Å². The summed E-state index contributed by atoms with van der Waals surface area (Å²) in [6, 6.07) is 3.39. The van der Waals surface area contributed by atoms with Gasteiger partial charge in [-0.15, -0.1) is 0 Å². The van der Waals surface area contributed by atoms with E-state index in [4.69, 9.17) is 11.6 Å². The molecule has 0 saturated carbocycles. The van der Waals surface area contributed by atoms with E-state index in [1.807, 2.05) is 0 Å². The van der Waals surface area contributed by atoms with Crippen LogP contribution in [-0.4, -0.2) is 37.1 Å². The lowest BCUT2D eigenvalue weighted by Crippen LogP contribution is -2.45. The summed E-state index contributed by atoms with van der Waals surface area (Å²) in [5.41, 5.74) is 2.10. The van der Waals surface area contributed by atoms with Crippen LogP contribution in [0.3, 0.4) is 0 Å². The van der Waals surface area contributed by atoms with Gasteiger partial charge in [-0.05, 0) is 37.0 Å². The highest BCUT2D eigenvalue weighted by atomic mass is 35.5. The molecule has 2 aliphatic rings. The second-order valence-electron chi connectivity index (χ2n) is 7.33. The maximum Gasteiger partial charge on any atom is 0.322 e. The van der Waals surface area contributed by atoms with Gasteiger partial charge in [0.05, 0.1) is 34.3 Å². The maximum atomic E-state index is 14.7. The number of aromatic nitrogens is 4. The van der Waals surface area contributed by atoms with E-state index in [9.17, 15) is 14.0 Å². The summed E-state index contributed by atoms with van der Waals surface area (Å²) in [6.45, 7) is 0. The number of anilines is 1. The van der Waals surface area contributed by atoms with E-state index in [1.165, 1.54) is 36.8 Å². The third kappa shape index (κ3) is 3.11. The van der Waals surface area contributed by atoms with Crippen molar-refractivity contribution in [3.8, 4) is 11.3 Å². The Hall–Kier alpha value is -3.33. The SMILES string of the molecule is O=C(Nc1cc(Cl)c(-c2cnccn2)cc1F)N1[C@H]2CC[C@@H]1c1n[nH]c(=O)cc1C2. The van der Waals surface area contributed by atoms with Gasteiger partial charge < -0.3 is 10.2 Å². The molecule has 5 rings (SSSR count). The Morgan fingerprint density at radius 3 is 2.93 bits per heavy atom. The van der Waals surface area contributed by atoms with Crippen LogP contribution >= 0.6 is 11.6 Å². The van der Waals surface area contributed by atoms with Crippen LogP contribution in [0, 0.1) is 5.82 Å². The Labute approximate surface area is 175 Å². The number of H-pyrrole nitrogens is 1. The number of nitrogens with one attached hydrogen (secondary N) is 2. The molecular weight excluding hydrogens is 411 g/mol. The lowest BCUT2D eigenvalue weighted by molar-refractivity contribution is 0.177. The summed E-state index contributed by atoms with van der Waals surface area (Å²) in [7, 11) is 0. The number of carbonyl (C=O) groups excluding carboxylic acids is 1. The third-order valence-electron chi connectivity index (χ3n) is 5.57. The van der Waals surface area contributed by atoms with E-state index < -0.39 is 11.8 Å². The molecule has 0 aliphatic carbocycles. The molecule has 2 amide bonds. The number of benzene rings is 1. The quantitative estimate of drug-likeness (QED) is 0.654. The van der Waals surface area contributed by atoms with Crippen molar-refractivity contribution in [1.29, 1.82) is 0 Å². The summed E-state index contributed by atoms with van der Waals surface area (Å²) < 4.78 is 14.7. The molecule has 3 aromatic rings. The van der Waals surface area contributed by atoms with Crippen molar-refractivity contribution < 1.29 is 9.18 Å². The van der Waals surface area contributed by atoms with E-state index in [2.05, 4.69) is 25.5 Å². The van der Waals surface area contributed by atoms with E-state index in [1.54, 1.807) is 4.90 Å². The average Bonchev–Trinajstić information content (AvgIpc) is 3.06. The summed E-state index contributed by atoms with van der Waals surface area (Å²) >= 11 is 6.31. The van der Waals surface area contributed by atoms with Crippen molar-refractivity contribution in [3.63, 3.8) is 0 Å². The first-order valence-corrected chi connectivity index (χ1v) is 9.82. The minimum absolute atomic E-state index is 0.0164. The summed E-state index contributed by atoms with van der Waals surface area (Å²) in [4.78, 5) is 34.3. The molecule has 4 heterocycles. The van der Waals surface area contributed by atoms with Crippen LogP contribution < -0.4 is 10.9 Å². The predicted molar refractivity (Wildman–Crippen MR) is 108 cm³/mol. The van der Waals surface area contributed by atoms with E-state index >= 15 is 0 Å². The highest BCUT2D eigenvalue weighted by molar-refractivity contribution is 6.33. The Bertz CT molecular complexity index is 1200. The molecule has 1 fully saturated rings. The van der Waals surface area contributed by atoms with Gasteiger partial charge in [0, 0.05) is 30.1 Å². The van der Waals surface area contributed by atoms with Crippen LogP contribution in [0.5, 0.6) is 0 Å². The second kappa shape index (κ2) is 7.17. The number of carbonyl (C=O) groups is 1. The van der Waals surface area contributed by atoms with Crippen molar-refractivity contribution in [2.75, 3.05) is 5.32 Å². The fourth-order valence-corrected chi connectivity index (χ4v) is 4.53. The molecule has 1 aromatic carbocycles. The van der Waals surface area contributed by atoms with E-state index in [0.717, 1.165) is 18.4 Å². The van der Waals surface area contributed by atoms with Crippen LogP contribution in [0.4, 0.5) is 14.9 Å². The predicted octanol–water partition coefficient (Wildman–Crippen LogP) is 3.31. The van der Waals surface area contributed by atoms with Gasteiger partial charge in [-0.1, -0.05) is 11.6 Å². The first-order valence-electron chi connectivity index (χ1n) is 9.44. The highest BCUT2D eigenvalue weighted by Crippen LogP contribution is 2.42. The summed E-state index contributed by atoms with van der Waals surface area (Å²) in [5, 5.41) is 9.47. The van der Waals surface area contributed by atoms with Gasteiger partial charge in [-0.3, -0.25) is 14.8 Å². The molecule has 0 radical (unpaired) electrons. The molecule has 8 nitrogen and oxygen atoms in total. The zero-order valence-electron chi connectivity index (χ0n) is 15.6. The number of fused-ring (bicyclic) bond motifs is 4. The van der Waals surface area contributed by atoms with Crippen LogP contribution in [0.15, 0.2) is 41.6 Å². The summed E-state index contributed by atoms with van der Waals surface area (Å²) in [5.74, 6) is -0.624. The van der Waals surface area contributed by atoms with Crippen LogP contribution in [-0.2, 0) is 6.42 Å². The number of hydrogen-bond acceptors (Lipinski definition) is 5. The minimum atomic E-state index is -0.624. The molecule has 152 valence electrons. The first kappa shape index (κ1) is 18.7. The number of amides is 2. The zero-order chi connectivity index (χ0) is 20.8. The molecule has 30 heavy (non-hydrogen) atoms. The molecule has 10 heteroatoms. The van der Waals surface area contributed by atoms with E-state index in [0.29, 0.717) is 23.4 Å². The van der Waals surface area contributed by atoms with Crippen molar-refractivity contribution >= 4 is 23.3 Å². The smallest absolute Gasteiger partial charge is 0.313 e. The normalized spacial score (nSPS) is 19.5. The van der Waals surface area contributed by atoms with Crippen LogP contribution in [0.25, 0.3) is 11.3 Å². The average molecular weight is 427 g/mol. The molecule has 0 unspecified atom stereocenters. The van der Waals surface area contributed by atoms with Crippen molar-refractivity contribution in [2.24, 2.45) is 0 Å². The zero-order valence-corrected chi connectivity index (χ0v) is 16.4.